The van der Waals surface area contributed by atoms with Gasteiger partial charge in [-0.2, -0.15) is 0 Å². The molecule has 0 atom stereocenters. The molecule has 0 amide bonds. The van der Waals surface area contributed by atoms with Crippen molar-refractivity contribution in [3.8, 4) is 5.75 Å². The van der Waals surface area contributed by atoms with Gasteiger partial charge in [0.25, 0.3) is 0 Å². The molecule has 116 valence electrons. The largest absolute Gasteiger partial charge is 0.506 e. The molecule has 3 rings (SSSR count). The van der Waals surface area contributed by atoms with Crippen LogP contribution in [0.5, 0.6) is 5.75 Å². The highest BCUT2D eigenvalue weighted by atomic mass is 31.2. The number of phenolic OH excluding ortho intramolecular Hbond substituents is 1. The molecule has 0 radical (unpaired) electrons. The lowest BCUT2D eigenvalue weighted by molar-refractivity contribution is 0.477. The maximum Gasteiger partial charge on any atom is 0.227 e. The highest BCUT2D eigenvalue weighted by molar-refractivity contribution is 7.80. The summed E-state index contributed by atoms with van der Waals surface area (Å²) in [5, 5.41) is 14.6. The first-order valence-electron chi connectivity index (χ1n) is 7.39. The number of aryl methyl sites for hydroxylation is 1. The zero-order chi connectivity index (χ0) is 16.3. The third-order valence-corrected chi connectivity index (χ3v) is 6.28. The molecule has 0 saturated carbocycles. The second-order valence-corrected chi connectivity index (χ2v) is 7.89. The van der Waals surface area contributed by atoms with Crippen molar-refractivity contribution in [1.82, 2.24) is 0 Å². The van der Waals surface area contributed by atoms with E-state index in [0.717, 1.165) is 5.56 Å². The third-order valence-electron chi connectivity index (χ3n) is 3.67. The molecule has 3 nitrogen and oxygen atoms in total. The lowest BCUT2D eigenvalue weighted by Gasteiger charge is -2.22. The average molecular weight is 323 g/mol. The van der Waals surface area contributed by atoms with Crippen molar-refractivity contribution >= 4 is 23.6 Å². The molecule has 3 aromatic rings. The molecule has 0 aliphatic rings. The monoisotopic (exact) mass is 323 g/mol. The van der Waals surface area contributed by atoms with E-state index in [2.05, 4.69) is 5.09 Å². The second kappa shape index (κ2) is 6.31. The summed E-state index contributed by atoms with van der Waals surface area (Å²) in [6, 6.07) is 23.8. The van der Waals surface area contributed by atoms with E-state index in [1.54, 1.807) is 12.1 Å². The van der Waals surface area contributed by atoms with Crippen LogP contribution in [-0.2, 0) is 4.57 Å². The van der Waals surface area contributed by atoms with E-state index in [0.29, 0.717) is 16.3 Å². The summed E-state index contributed by atoms with van der Waals surface area (Å²) in [7, 11) is -3.10. The lowest BCUT2D eigenvalue weighted by Crippen LogP contribution is -2.21. The standard InChI is InChI=1S/C19H18NO2P/c1-15-12-13-19(21)18(14-15)20-23(22,16-8-4-2-5-9-16)17-10-6-3-7-11-17/h2-14,21H,1H3,(H,20,22). The minimum absolute atomic E-state index is 0.0858. The van der Waals surface area contributed by atoms with Gasteiger partial charge in [-0.3, -0.25) is 4.57 Å². The number of aromatic hydroxyl groups is 1. The fourth-order valence-corrected chi connectivity index (χ4v) is 4.72. The summed E-state index contributed by atoms with van der Waals surface area (Å²) < 4.78 is 13.8. The van der Waals surface area contributed by atoms with Crippen LogP contribution in [0.2, 0.25) is 0 Å². The Morgan fingerprint density at radius 2 is 1.35 bits per heavy atom. The molecule has 3 aromatic carbocycles. The Hall–Kier alpha value is -2.51. The fraction of sp³-hybridized carbons (Fsp3) is 0.0526. The Balaban J connectivity index is 2.14. The van der Waals surface area contributed by atoms with Crippen molar-refractivity contribution in [3.63, 3.8) is 0 Å². The molecular weight excluding hydrogens is 305 g/mol. The van der Waals surface area contributed by atoms with Crippen molar-refractivity contribution in [1.29, 1.82) is 0 Å². The fourth-order valence-electron chi connectivity index (χ4n) is 2.46. The van der Waals surface area contributed by atoms with Gasteiger partial charge in [0, 0.05) is 10.6 Å². The van der Waals surface area contributed by atoms with E-state index in [1.165, 1.54) is 0 Å². The van der Waals surface area contributed by atoms with E-state index in [1.807, 2.05) is 73.7 Å². The summed E-state index contributed by atoms with van der Waals surface area (Å²) in [4.78, 5) is 0. The first-order valence-corrected chi connectivity index (χ1v) is 9.09. The topological polar surface area (TPSA) is 49.3 Å². The molecule has 0 aliphatic heterocycles. The maximum absolute atomic E-state index is 13.8. The van der Waals surface area contributed by atoms with Gasteiger partial charge >= 0.3 is 0 Å². The van der Waals surface area contributed by atoms with Crippen LogP contribution in [0.15, 0.2) is 78.9 Å². The van der Waals surface area contributed by atoms with E-state index in [-0.39, 0.29) is 5.75 Å². The maximum atomic E-state index is 13.8. The van der Waals surface area contributed by atoms with Gasteiger partial charge < -0.3 is 10.2 Å². The molecule has 0 fully saturated rings. The van der Waals surface area contributed by atoms with E-state index in [9.17, 15) is 9.67 Å². The predicted molar refractivity (Wildman–Crippen MR) is 96.2 cm³/mol. The number of phenols is 1. The van der Waals surface area contributed by atoms with Gasteiger partial charge in [0.05, 0.1) is 5.69 Å². The SMILES string of the molecule is Cc1ccc(O)c(NP(=O)(c2ccccc2)c2ccccc2)c1. The molecule has 2 N–H and O–H groups in total. The van der Waals surface area contributed by atoms with Crippen LogP contribution in [-0.4, -0.2) is 5.11 Å². The number of rotatable bonds is 4. The second-order valence-electron chi connectivity index (χ2n) is 5.41. The molecule has 0 bridgehead atoms. The van der Waals surface area contributed by atoms with Crippen molar-refractivity contribution < 1.29 is 9.67 Å². The summed E-state index contributed by atoms with van der Waals surface area (Å²) >= 11 is 0. The Kier molecular flexibility index (Phi) is 4.22. The minimum atomic E-state index is -3.10. The van der Waals surface area contributed by atoms with Gasteiger partial charge in [0.2, 0.25) is 7.29 Å². The summed E-state index contributed by atoms with van der Waals surface area (Å²) in [6.07, 6.45) is 0. The Labute approximate surface area is 136 Å². The van der Waals surface area contributed by atoms with Crippen LogP contribution in [0.4, 0.5) is 5.69 Å². The van der Waals surface area contributed by atoms with Crippen molar-refractivity contribution in [2.45, 2.75) is 6.92 Å². The van der Waals surface area contributed by atoms with E-state index >= 15 is 0 Å². The van der Waals surface area contributed by atoms with Crippen molar-refractivity contribution in [2.24, 2.45) is 0 Å². The molecule has 0 heterocycles. The van der Waals surface area contributed by atoms with Gasteiger partial charge in [-0.15, -0.1) is 0 Å². The van der Waals surface area contributed by atoms with E-state index < -0.39 is 7.29 Å². The van der Waals surface area contributed by atoms with Crippen molar-refractivity contribution in [2.75, 3.05) is 5.09 Å². The molecule has 4 heteroatoms. The zero-order valence-electron chi connectivity index (χ0n) is 12.8. The average Bonchev–Trinajstić information content (AvgIpc) is 2.59. The predicted octanol–water partition coefficient (Wildman–Crippen LogP) is 4.04. The summed E-state index contributed by atoms with van der Waals surface area (Å²) in [6.45, 7) is 1.93. The Bertz CT molecular complexity index is 804. The summed E-state index contributed by atoms with van der Waals surface area (Å²) in [5.74, 6) is 0.0858. The highest BCUT2D eigenvalue weighted by Crippen LogP contribution is 2.45. The van der Waals surface area contributed by atoms with Crippen LogP contribution in [0, 0.1) is 6.92 Å². The van der Waals surface area contributed by atoms with Gasteiger partial charge in [-0.25, -0.2) is 0 Å². The number of hydrogen-bond acceptors (Lipinski definition) is 2. The lowest BCUT2D eigenvalue weighted by atomic mass is 10.2. The number of hydrogen-bond donors (Lipinski definition) is 2. The highest BCUT2D eigenvalue weighted by Gasteiger charge is 2.28. The molecule has 0 spiro atoms. The first-order chi connectivity index (χ1) is 11.1. The minimum Gasteiger partial charge on any atom is -0.506 e. The molecular formula is C19H18NO2P. The Morgan fingerprint density at radius 1 is 0.826 bits per heavy atom. The van der Waals surface area contributed by atoms with Gasteiger partial charge in [0.1, 0.15) is 5.75 Å². The van der Waals surface area contributed by atoms with Gasteiger partial charge in [-0.1, -0.05) is 42.5 Å². The summed E-state index contributed by atoms with van der Waals surface area (Å²) in [5.41, 5.74) is 1.46. The zero-order valence-corrected chi connectivity index (χ0v) is 13.7. The first kappa shape index (κ1) is 15.4. The number of nitrogens with one attached hydrogen (secondary N) is 1. The molecule has 0 saturated heterocycles. The normalized spacial score (nSPS) is 11.2. The van der Waals surface area contributed by atoms with E-state index in [4.69, 9.17) is 0 Å². The number of benzene rings is 3. The van der Waals surface area contributed by atoms with Gasteiger partial charge in [0.15, 0.2) is 0 Å². The van der Waals surface area contributed by atoms with Gasteiger partial charge in [-0.05, 0) is 48.9 Å². The van der Waals surface area contributed by atoms with Crippen molar-refractivity contribution in [3.05, 3.63) is 84.4 Å². The molecule has 23 heavy (non-hydrogen) atoms. The van der Waals surface area contributed by atoms with Crippen LogP contribution in [0.3, 0.4) is 0 Å². The van der Waals surface area contributed by atoms with Crippen LogP contribution >= 0.6 is 7.29 Å². The smallest absolute Gasteiger partial charge is 0.227 e. The van der Waals surface area contributed by atoms with Crippen LogP contribution in [0.25, 0.3) is 0 Å². The molecule has 0 unspecified atom stereocenters. The Morgan fingerprint density at radius 3 is 1.87 bits per heavy atom. The third kappa shape index (κ3) is 3.15. The molecule has 0 aromatic heterocycles. The quantitative estimate of drug-likeness (QED) is 0.563. The molecule has 0 aliphatic carbocycles. The number of anilines is 1. The van der Waals surface area contributed by atoms with Crippen LogP contribution in [0.1, 0.15) is 5.56 Å². The van der Waals surface area contributed by atoms with Crippen LogP contribution < -0.4 is 15.7 Å².